The van der Waals surface area contributed by atoms with Gasteiger partial charge in [-0.2, -0.15) is 13.2 Å². The van der Waals surface area contributed by atoms with E-state index in [2.05, 4.69) is 34.3 Å². The minimum atomic E-state index is -4.60. The molecule has 1 aromatic heterocycles. The molecule has 11 heteroatoms. The van der Waals surface area contributed by atoms with E-state index in [1.807, 2.05) is 36.7 Å². The predicted octanol–water partition coefficient (Wildman–Crippen LogP) is 6.11. The molecule has 3 aliphatic rings. The number of benzene rings is 2. The van der Waals surface area contributed by atoms with Gasteiger partial charge in [-0.15, -0.1) is 16.8 Å². The minimum Gasteiger partial charge on any atom is -0.381 e. The standard InChI is InChI=1S/C33H39F3N6O2/c1-6-20(2)39-23-12-22(32(15-25(16-32)44-5)30-40-38-19-41(30)4)13-24(14-23)42-18-27-26(29(42)43)10-21(11-28(27)33(34,35)36)17-37-31(3)8-7-9-31/h6,10-14,19-20,25,37,39H,1,7-9,15-18H2,2-5H3. The molecule has 2 heterocycles. The maximum atomic E-state index is 14.4. The molecule has 2 saturated carbocycles. The van der Waals surface area contributed by atoms with E-state index in [0.29, 0.717) is 24.1 Å². The van der Waals surface area contributed by atoms with Gasteiger partial charge in [-0.25, -0.2) is 0 Å². The van der Waals surface area contributed by atoms with E-state index in [9.17, 15) is 18.0 Å². The molecule has 2 N–H and O–H groups in total. The number of rotatable bonds is 10. The number of hydrogen-bond donors (Lipinski definition) is 2. The number of aromatic nitrogens is 3. The highest BCUT2D eigenvalue weighted by molar-refractivity contribution is 6.10. The predicted molar refractivity (Wildman–Crippen MR) is 163 cm³/mol. The first-order chi connectivity index (χ1) is 20.9. The van der Waals surface area contributed by atoms with Crippen LogP contribution in [-0.2, 0) is 36.5 Å². The summed E-state index contributed by atoms with van der Waals surface area (Å²) >= 11 is 0. The summed E-state index contributed by atoms with van der Waals surface area (Å²) in [6.07, 6.45) is 3.19. The largest absolute Gasteiger partial charge is 0.416 e. The topological polar surface area (TPSA) is 84.3 Å². The summed E-state index contributed by atoms with van der Waals surface area (Å²) in [5.41, 5.74) is 1.31. The molecule has 1 unspecified atom stereocenters. The first-order valence-corrected chi connectivity index (χ1v) is 15.1. The smallest absolute Gasteiger partial charge is 0.381 e. The zero-order valence-corrected chi connectivity index (χ0v) is 25.6. The second kappa shape index (κ2) is 11.0. The Kier molecular flexibility index (Phi) is 7.60. The molecule has 1 atom stereocenters. The number of amides is 1. The van der Waals surface area contributed by atoms with Crippen LogP contribution in [0.4, 0.5) is 24.5 Å². The summed E-state index contributed by atoms with van der Waals surface area (Å²) in [4.78, 5) is 15.4. The van der Waals surface area contributed by atoms with Crippen molar-refractivity contribution in [3.8, 4) is 0 Å². The number of methoxy groups -OCH3 is 1. The Balaban J connectivity index is 1.41. The molecule has 2 fully saturated rings. The monoisotopic (exact) mass is 608 g/mol. The van der Waals surface area contributed by atoms with Gasteiger partial charge in [0.25, 0.3) is 5.91 Å². The van der Waals surface area contributed by atoms with Gasteiger partial charge in [0, 0.05) is 49.2 Å². The normalized spacial score (nSPS) is 23.1. The summed E-state index contributed by atoms with van der Waals surface area (Å²) in [5, 5.41) is 15.4. The number of alkyl halides is 3. The number of ether oxygens (including phenoxy) is 1. The molecule has 0 spiro atoms. The third-order valence-electron chi connectivity index (χ3n) is 9.74. The van der Waals surface area contributed by atoms with Crippen molar-refractivity contribution >= 4 is 17.3 Å². The van der Waals surface area contributed by atoms with Crippen LogP contribution in [0.3, 0.4) is 0 Å². The molecule has 0 saturated heterocycles. The molecule has 6 rings (SSSR count). The Morgan fingerprint density at radius 3 is 2.55 bits per heavy atom. The fraction of sp³-hybridized carbons (Fsp3) is 0.485. The second-order valence-electron chi connectivity index (χ2n) is 12.9. The van der Waals surface area contributed by atoms with E-state index in [-0.39, 0.29) is 41.9 Å². The summed E-state index contributed by atoms with van der Waals surface area (Å²) in [5.74, 6) is 0.316. The van der Waals surface area contributed by atoms with Crippen LogP contribution in [-0.4, -0.2) is 45.5 Å². The second-order valence-corrected chi connectivity index (χ2v) is 12.9. The minimum absolute atomic E-state index is 0.00610. The van der Waals surface area contributed by atoms with E-state index in [1.54, 1.807) is 25.6 Å². The van der Waals surface area contributed by atoms with Crippen molar-refractivity contribution in [2.45, 2.75) is 88.3 Å². The number of hydrogen-bond acceptors (Lipinski definition) is 6. The van der Waals surface area contributed by atoms with Crippen molar-refractivity contribution < 1.29 is 22.7 Å². The first kappa shape index (κ1) is 30.3. The number of aryl methyl sites for hydroxylation is 1. The number of carbonyl (C=O) groups is 1. The number of anilines is 2. The molecular weight excluding hydrogens is 569 g/mol. The number of nitrogens with one attached hydrogen (secondary N) is 2. The molecule has 2 aromatic carbocycles. The van der Waals surface area contributed by atoms with Gasteiger partial charge in [-0.05, 0) is 93.0 Å². The Morgan fingerprint density at radius 2 is 1.95 bits per heavy atom. The van der Waals surface area contributed by atoms with E-state index in [4.69, 9.17) is 4.74 Å². The molecule has 1 aliphatic heterocycles. The third-order valence-corrected chi connectivity index (χ3v) is 9.74. The number of nitrogens with zero attached hydrogens (tertiary/aromatic N) is 4. The zero-order chi connectivity index (χ0) is 31.4. The Morgan fingerprint density at radius 1 is 1.20 bits per heavy atom. The van der Waals surface area contributed by atoms with Crippen LogP contribution >= 0.6 is 0 Å². The van der Waals surface area contributed by atoms with Crippen LogP contribution < -0.4 is 15.5 Å². The molecule has 0 bridgehead atoms. The maximum Gasteiger partial charge on any atom is 0.416 e. The van der Waals surface area contributed by atoms with Crippen molar-refractivity contribution in [2.75, 3.05) is 17.3 Å². The lowest BCUT2D eigenvalue weighted by molar-refractivity contribution is -0.138. The molecule has 1 amide bonds. The van der Waals surface area contributed by atoms with Gasteiger partial charge in [-0.1, -0.05) is 6.08 Å². The molecule has 234 valence electrons. The van der Waals surface area contributed by atoms with E-state index >= 15 is 0 Å². The van der Waals surface area contributed by atoms with Crippen LogP contribution in [0, 0.1) is 0 Å². The van der Waals surface area contributed by atoms with Crippen molar-refractivity contribution in [2.24, 2.45) is 7.05 Å². The van der Waals surface area contributed by atoms with Crippen LogP contribution in [0.1, 0.15) is 84.4 Å². The molecule has 8 nitrogen and oxygen atoms in total. The molecule has 2 aliphatic carbocycles. The van der Waals surface area contributed by atoms with Crippen LogP contribution in [0.25, 0.3) is 0 Å². The lowest BCUT2D eigenvalue weighted by Crippen LogP contribution is -2.48. The Labute approximate surface area is 255 Å². The average Bonchev–Trinajstić information content (AvgIpc) is 3.52. The van der Waals surface area contributed by atoms with E-state index in [0.717, 1.165) is 36.3 Å². The van der Waals surface area contributed by atoms with Crippen LogP contribution in [0.5, 0.6) is 0 Å². The van der Waals surface area contributed by atoms with E-state index in [1.165, 1.54) is 11.0 Å². The van der Waals surface area contributed by atoms with Crippen molar-refractivity contribution in [1.82, 2.24) is 20.1 Å². The zero-order valence-electron chi connectivity index (χ0n) is 25.6. The first-order valence-electron chi connectivity index (χ1n) is 15.1. The Hall–Kier alpha value is -3.70. The number of fused-ring (bicyclic) bond motifs is 1. The van der Waals surface area contributed by atoms with Gasteiger partial charge < -0.3 is 24.8 Å². The molecular formula is C33H39F3N6O2. The molecule has 44 heavy (non-hydrogen) atoms. The third kappa shape index (κ3) is 5.30. The summed E-state index contributed by atoms with van der Waals surface area (Å²) in [6.45, 7) is 8.00. The summed E-state index contributed by atoms with van der Waals surface area (Å²) in [6, 6.07) is 8.47. The van der Waals surface area contributed by atoms with Crippen molar-refractivity contribution in [3.05, 3.63) is 83.0 Å². The van der Waals surface area contributed by atoms with Gasteiger partial charge >= 0.3 is 6.18 Å². The highest BCUT2D eigenvalue weighted by Crippen LogP contribution is 2.51. The van der Waals surface area contributed by atoms with Gasteiger partial charge in [0.05, 0.1) is 23.6 Å². The SMILES string of the molecule is C=CC(C)Nc1cc(N2Cc3c(cc(CNC4(C)CCC4)cc3C(F)(F)F)C2=O)cc(C2(c3nncn3C)CC(OC)C2)c1. The van der Waals surface area contributed by atoms with Crippen molar-refractivity contribution in [3.63, 3.8) is 0 Å². The molecule has 0 radical (unpaired) electrons. The average molecular weight is 609 g/mol. The lowest BCUT2D eigenvalue weighted by atomic mass is 9.61. The van der Waals surface area contributed by atoms with Gasteiger partial charge in [-0.3, -0.25) is 4.79 Å². The fourth-order valence-electron chi connectivity index (χ4n) is 6.83. The summed E-state index contributed by atoms with van der Waals surface area (Å²) < 4.78 is 50.8. The maximum absolute atomic E-state index is 14.4. The van der Waals surface area contributed by atoms with Crippen LogP contribution in [0.2, 0.25) is 0 Å². The van der Waals surface area contributed by atoms with Crippen LogP contribution in [0.15, 0.2) is 49.3 Å². The van der Waals surface area contributed by atoms with Gasteiger partial charge in [0.1, 0.15) is 12.2 Å². The van der Waals surface area contributed by atoms with Gasteiger partial charge in [0.2, 0.25) is 0 Å². The summed E-state index contributed by atoms with van der Waals surface area (Å²) in [7, 11) is 3.56. The highest BCUT2D eigenvalue weighted by Gasteiger charge is 2.51. The fourth-order valence-corrected chi connectivity index (χ4v) is 6.83. The van der Waals surface area contributed by atoms with Gasteiger partial charge in [0.15, 0.2) is 0 Å². The highest BCUT2D eigenvalue weighted by atomic mass is 19.4. The number of carbonyl (C=O) groups excluding carboxylic acids is 1. The quantitative estimate of drug-likeness (QED) is 0.271. The lowest BCUT2D eigenvalue weighted by Gasteiger charge is -2.46. The number of halogens is 3. The van der Waals surface area contributed by atoms with Crippen molar-refractivity contribution in [1.29, 1.82) is 0 Å². The Bertz CT molecular complexity index is 1590. The molecule has 3 aromatic rings. The van der Waals surface area contributed by atoms with E-state index < -0.39 is 23.1 Å².